The van der Waals surface area contributed by atoms with E-state index in [1.54, 1.807) is 12.2 Å². The van der Waals surface area contributed by atoms with E-state index in [0.29, 0.717) is 28.4 Å². The van der Waals surface area contributed by atoms with Gasteiger partial charge >= 0.3 is 10.1 Å². The highest BCUT2D eigenvalue weighted by atomic mass is 32.2. The van der Waals surface area contributed by atoms with E-state index >= 15 is 0 Å². The molecule has 2 saturated carbocycles. The lowest BCUT2D eigenvalue weighted by Crippen LogP contribution is -2.39. The lowest BCUT2D eigenvalue weighted by atomic mass is 9.70. The van der Waals surface area contributed by atoms with Crippen molar-refractivity contribution in [3.05, 3.63) is 52.4 Å². The number of carbonyl (C=O) groups is 1. The minimum atomic E-state index is -4.20. The van der Waals surface area contributed by atoms with Crippen LogP contribution in [0.5, 0.6) is 0 Å². The molecule has 0 radical (unpaired) electrons. The van der Waals surface area contributed by atoms with E-state index in [9.17, 15) is 18.5 Å². The Morgan fingerprint density at radius 3 is 2.58 bits per heavy atom. The Kier molecular flexibility index (Phi) is 5.18. The molecule has 1 aromatic carbocycles. The first kappa shape index (κ1) is 21.8. The molecule has 0 N–H and O–H groups in total. The SMILES string of the molecule is Cc1ccccc1/C(C#N)=C1C=C/C(=N\OS(=O)(=O)C2C(=O)C3(C)CCC2C3(C)C)S/1. The maximum absolute atomic E-state index is 12.9. The van der Waals surface area contributed by atoms with Crippen molar-refractivity contribution in [3.8, 4) is 6.07 Å². The molecule has 162 valence electrons. The van der Waals surface area contributed by atoms with Crippen LogP contribution in [0.15, 0.2) is 46.5 Å². The molecule has 2 aliphatic carbocycles. The average Bonchev–Trinajstić information content (AvgIpc) is 3.31. The van der Waals surface area contributed by atoms with Crippen LogP contribution in [0.1, 0.15) is 44.7 Å². The van der Waals surface area contributed by atoms with Crippen LogP contribution in [0, 0.1) is 35.0 Å². The first-order chi connectivity index (χ1) is 14.5. The third kappa shape index (κ3) is 3.26. The Morgan fingerprint density at radius 1 is 1.26 bits per heavy atom. The van der Waals surface area contributed by atoms with Crippen molar-refractivity contribution < 1.29 is 17.5 Å². The molecular formula is C23H24N2O4S2. The highest BCUT2D eigenvalue weighted by Crippen LogP contribution is 2.65. The number of carbonyl (C=O) groups excluding carboxylic acids is 1. The molecule has 1 aliphatic heterocycles. The molecule has 2 bridgehead atoms. The lowest BCUT2D eigenvalue weighted by Gasteiger charge is -2.32. The summed E-state index contributed by atoms with van der Waals surface area (Å²) in [6, 6.07) is 9.79. The molecule has 1 aromatic rings. The number of benzene rings is 1. The fourth-order valence-corrected chi connectivity index (χ4v) is 7.64. The van der Waals surface area contributed by atoms with E-state index in [2.05, 4.69) is 11.2 Å². The van der Waals surface area contributed by atoms with Gasteiger partial charge < -0.3 is 0 Å². The zero-order chi connectivity index (χ0) is 22.6. The standard InChI is InChI=1S/C23H24N2O4S2/c1-14-7-5-6-8-15(14)16(13-24)18-9-10-19(30-18)25-29-31(27,28)20-17-11-12-23(4,21(20)26)22(17,2)3/h5-10,17,20H,11-12H2,1-4H3/b18-16-,25-19+. The molecule has 2 fully saturated rings. The monoisotopic (exact) mass is 456 g/mol. The van der Waals surface area contributed by atoms with Crippen LogP contribution >= 0.6 is 11.8 Å². The van der Waals surface area contributed by atoms with Gasteiger partial charge in [-0.1, -0.05) is 62.0 Å². The number of nitriles is 1. The van der Waals surface area contributed by atoms with Gasteiger partial charge in [0.15, 0.2) is 11.0 Å². The minimum absolute atomic E-state index is 0.268. The molecule has 0 amide bonds. The molecule has 6 nitrogen and oxygen atoms in total. The van der Waals surface area contributed by atoms with Crippen molar-refractivity contribution >= 4 is 38.3 Å². The van der Waals surface area contributed by atoms with Gasteiger partial charge in [-0.2, -0.15) is 13.7 Å². The first-order valence-electron chi connectivity index (χ1n) is 10.1. The topological polar surface area (TPSA) is 96.6 Å². The van der Waals surface area contributed by atoms with Crippen molar-refractivity contribution in [1.29, 1.82) is 5.26 Å². The number of ketones is 1. The number of allylic oxidation sites excluding steroid dienone is 2. The van der Waals surface area contributed by atoms with Crippen LogP contribution in [-0.2, 0) is 19.2 Å². The molecule has 4 rings (SSSR count). The molecular weight excluding hydrogens is 432 g/mol. The number of aryl methyl sites for hydroxylation is 1. The number of fused-ring (bicyclic) bond motifs is 2. The second kappa shape index (κ2) is 7.35. The molecule has 0 aromatic heterocycles. The summed E-state index contributed by atoms with van der Waals surface area (Å²) >= 11 is 1.17. The third-order valence-corrected chi connectivity index (χ3v) is 9.81. The fraction of sp³-hybridized carbons (Fsp3) is 0.435. The normalized spacial score (nSPS) is 31.8. The van der Waals surface area contributed by atoms with E-state index in [0.717, 1.165) is 11.1 Å². The highest BCUT2D eigenvalue weighted by Gasteiger charge is 2.70. The number of rotatable bonds is 4. The van der Waals surface area contributed by atoms with Gasteiger partial charge in [0.1, 0.15) is 11.1 Å². The van der Waals surface area contributed by atoms with Gasteiger partial charge in [0, 0.05) is 10.3 Å². The predicted octanol–water partition coefficient (Wildman–Crippen LogP) is 4.59. The van der Waals surface area contributed by atoms with E-state index in [1.807, 2.05) is 52.0 Å². The maximum atomic E-state index is 12.9. The molecule has 31 heavy (non-hydrogen) atoms. The van der Waals surface area contributed by atoms with Crippen LogP contribution in [0.4, 0.5) is 0 Å². The number of hydrogen-bond acceptors (Lipinski definition) is 7. The summed E-state index contributed by atoms with van der Waals surface area (Å²) in [5.74, 6) is -0.542. The number of hydrogen-bond donors (Lipinski definition) is 0. The zero-order valence-corrected chi connectivity index (χ0v) is 19.5. The molecule has 0 spiro atoms. The Balaban J connectivity index is 1.56. The number of oxime groups is 1. The van der Waals surface area contributed by atoms with Gasteiger partial charge in [-0.05, 0) is 54.4 Å². The van der Waals surface area contributed by atoms with Crippen molar-refractivity contribution in [2.45, 2.75) is 45.8 Å². The molecule has 0 saturated heterocycles. The minimum Gasteiger partial charge on any atom is -0.297 e. The summed E-state index contributed by atoms with van der Waals surface area (Å²) in [5.41, 5.74) is 1.22. The van der Waals surface area contributed by atoms with Gasteiger partial charge in [0.25, 0.3) is 0 Å². The maximum Gasteiger partial charge on any atom is 0.338 e. The molecule has 3 aliphatic rings. The van der Waals surface area contributed by atoms with Crippen LogP contribution in [0.25, 0.3) is 5.57 Å². The Morgan fingerprint density at radius 2 is 1.97 bits per heavy atom. The second-order valence-corrected chi connectivity index (χ2v) is 11.8. The Hall–Kier alpha value is -2.37. The van der Waals surface area contributed by atoms with E-state index in [1.165, 1.54) is 11.8 Å². The predicted molar refractivity (Wildman–Crippen MR) is 121 cm³/mol. The van der Waals surface area contributed by atoms with Crippen molar-refractivity contribution in [2.24, 2.45) is 21.9 Å². The molecule has 3 unspecified atom stereocenters. The van der Waals surface area contributed by atoms with E-state index < -0.39 is 26.2 Å². The summed E-state index contributed by atoms with van der Waals surface area (Å²) in [7, 11) is -4.20. The zero-order valence-electron chi connectivity index (χ0n) is 17.9. The quantitative estimate of drug-likeness (QED) is 0.486. The van der Waals surface area contributed by atoms with E-state index in [4.69, 9.17) is 4.28 Å². The van der Waals surface area contributed by atoms with Gasteiger partial charge in [0.2, 0.25) is 0 Å². The molecule has 8 heteroatoms. The van der Waals surface area contributed by atoms with Gasteiger partial charge in [-0.3, -0.25) is 9.08 Å². The van der Waals surface area contributed by atoms with Crippen molar-refractivity contribution in [3.63, 3.8) is 0 Å². The summed E-state index contributed by atoms with van der Waals surface area (Å²) in [4.78, 5) is 13.6. The van der Waals surface area contributed by atoms with Crippen LogP contribution in [0.3, 0.4) is 0 Å². The summed E-state index contributed by atoms with van der Waals surface area (Å²) in [5, 5.41) is 12.6. The third-order valence-electron chi connectivity index (χ3n) is 7.38. The van der Waals surface area contributed by atoms with Crippen molar-refractivity contribution in [1.82, 2.24) is 0 Å². The smallest absolute Gasteiger partial charge is 0.297 e. The summed E-state index contributed by atoms with van der Waals surface area (Å²) in [6.45, 7) is 7.71. The van der Waals surface area contributed by atoms with Gasteiger partial charge in [0.05, 0.1) is 5.57 Å². The van der Waals surface area contributed by atoms with Crippen LogP contribution < -0.4 is 0 Å². The number of Topliss-reactive ketones (excluding diaryl/α,β-unsaturated/α-hetero) is 1. The van der Waals surface area contributed by atoms with E-state index in [-0.39, 0.29) is 11.7 Å². The van der Waals surface area contributed by atoms with Gasteiger partial charge in [-0.25, -0.2) is 0 Å². The average molecular weight is 457 g/mol. The van der Waals surface area contributed by atoms with Crippen LogP contribution in [0.2, 0.25) is 0 Å². The summed E-state index contributed by atoms with van der Waals surface area (Å²) in [6.07, 6.45) is 4.71. The van der Waals surface area contributed by atoms with Crippen LogP contribution in [-0.4, -0.2) is 24.5 Å². The lowest BCUT2D eigenvalue weighted by molar-refractivity contribution is -0.128. The Labute approximate surface area is 187 Å². The molecule has 1 heterocycles. The number of thioether (sulfide) groups is 1. The molecule has 3 atom stereocenters. The second-order valence-electron chi connectivity index (χ2n) is 9.08. The highest BCUT2D eigenvalue weighted by molar-refractivity contribution is 8.18. The number of nitrogens with zero attached hydrogens (tertiary/aromatic N) is 2. The first-order valence-corrected chi connectivity index (χ1v) is 12.4. The van der Waals surface area contributed by atoms with Crippen molar-refractivity contribution in [2.75, 3.05) is 0 Å². The Bertz CT molecular complexity index is 1200. The fourth-order valence-electron chi connectivity index (χ4n) is 5.08. The summed E-state index contributed by atoms with van der Waals surface area (Å²) < 4.78 is 30.8. The largest absolute Gasteiger partial charge is 0.338 e. The van der Waals surface area contributed by atoms with Gasteiger partial charge in [-0.15, -0.1) is 0 Å².